The van der Waals surface area contributed by atoms with Gasteiger partial charge in [-0.25, -0.2) is 4.98 Å². The lowest BCUT2D eigenvalue weighted by molar-refractivity contribution is -0.115. The van der Waals surface area contributed by atoms with Gasteiger partial charge < -0.3 is 10.1 Å². The number of benzene rings is 1. The third-order valence-electron chi connectivity index (χ3n) is 5.18. The van der Waals surface area contributed by atoms with Gasteiger partial charge in [0.15, 0.2) is 0 Å². The molecular weight excluding hydrogens is 386 g/mol. The van der Waals surface area contributed by atoms with Crippen molar-refractivity contribution in [2.75, 3.05) is 23.1 Å². The Morgan fingerprint density at radius 2 is 2.00 bits per heavy atom. The average molecular weight is 410 g/mol. The van der Waals surface area contributed by atoms with Crippen LogP contribution in [0.1, 0.15) is 25.7 Å². The van der Waals surface area contributed by atoms with Crippen molar-refractivity contribution in [2.24, 2.45) is 0 Å². The normalized spacial score (nSPS) is 18.6. The summed E-state index contributed by atoms with van der Waals surface area (Å²) in [6.45, 7) is 0. The van der Waals surface area contributed by atoms with Crippen LogP contribution in [0.15, 0.2) is 59.8 Å². The summed E-state index contributed by atoms with van der Waals surface area (Å²) in [6.07, 6.45) is 5.49. The van der Waals surface area contributed by atoms with Gasteiger partial charge in [-0.2, -0.15) is 0 Å². The summed E-state index contributed by atoms with van der Waals surface area (Å²) < 4.78 is 5.24. The van der Waals surface area contributed by atoms with Gasteiger partial charge in [0, 0.05) is 17.5 Å². The number of hydrogen-bond donors (Lipinski definition) is 1. The second kappa shape index (κ2) is 8.69. The third-order valence-corrected chi connectivity index (χ3v) is 6.42. The Morgan fingerprint density at radius 3 is 2.72 bits per heavy atom. The lowest BCUT2D eigenvalue weighted by atomic mass is 9.94. The lowest BCUT2D eigenvalue weighted by Crippen LogP contribution is -2.34. The van der Waals surface area contributed by atoms with Crippen molar-refractivity contribution < 1.29 is 14.3 Å². The van der Waals surface area contributed by atoms with E-state index in [9.17, 15) is 9.59 Å². The number of rotatable bonds is 6. The van der Waals surface area contributed by atoms with Crippen LogP contribution >= 0.6 is 11.8 Å². The SMILES string of the molecule is COc1ccc(N2C(=O)C3=C(CCCC3)C2SCC(=O)Nc2ccccn2)cc1. The van der Waals surface area contributed by atoms with E-state index in [1.54, 1.807) is 25.4 Å². The van der Waals surface area contributed by atoms with Gasteiger partial charge >= 0.3 is 0 Å². The fourth-order valence-electron chi connectivity index (χ4n) is 3.79. The number of carbonyl (C=O) groups excluding carboxylic acids is 2. The second-order valence-electron chi connectivity index (χ2n) is 7.01. The van der Waals surface area contributed by atoms with E-state index in [0.29, 0.717) is 5.82 Å². The zero-order chi connectivity index (χ0) is 20.2. The molecule has 1 N–H and O–H groups in total. The Labute approximate surface area is 174 Å². The van der Waals surface area contributed by atoms with Crippen LogP contribution in [0.4, 0.5) is 11.5 Å². The quantitative estimate of drug-likeness (QED) is 0.781. The molecule has 1 aliphatic heterocycles. The molecule has 1 unspecified atom stereocenters. The number of hydrogen-bond acceptors (Lipinski definition) is 5. The van der Waals surface area contributed by atoms with Gasteiger partial charge in [0.25, 0.3) is 5.91 Å². The van der Waals surface area contributed by atoms with Gasteiger partial charge in [-0.3, -0.25) is 14.5 Å². The Morgan fingerprint density at radius 1 is 1.21 bits per heavy atom. The minimum Gasteiger partial charge on any atom is -0.497 e. The van der Waals surface area contributed by atoms with E-state index in [-0.39, 0.29) is 22.9 Å². The minimum absolute atomic E-state index is 0.0625. The molecule has 2 amide bonds. The van der Waals surface area contributed by atoms with Gasteiger partial charge in [0.05, 0.1) is 12.9 Å². The smallest absolute Gasteiger partial charge is 0.255 e. The van der Waals surface area contributed by atoms with Crippen molar-refractivity contribution in [1.29, 1.82) is 0 Å². The van der Waals surface area contributed by atoms with Gasteiger partial charge in [0.2, 0.25) is 5.91 Å². The number of methoxy groups -OCH3 is 1. The maximum absolute atomic E-state index is 13.2. The van der Waals surface area contributed by atoms with Crippen molar-refractivity contribution in [3.8, 4) is 5.75 Å². The standard InChI is InChI=1S/C22H23N3O3S/c1-28-16-11-9-15(10-12-16)25-21(27)17-6-2-3-7-18(17)22(25)29-14-20(26)24-19-8-4-5-13-23-19/h4-5,8-13,22H,2-3,6-7,14H2,1H3,(H,23,24,26). The summed E-state index contributed by atoms with van der Waals surface area (Å²) in [6, 6.07) is 12.9. The average Bonchev–Trinajstić information content (AvgIpc) is 3.05. The highest BCUT2D eigenvalue weighted by Crippen LogP contribution is 2.43. The zero-order valence-corrected chi connectivity index (χ0v) is 17.1. The maximum Gasteiger partial charge on any atom is 0.255 e. The highest BCUT2D eigenvalue weighted by molar-refractivity contribution is 8.00. The number of anilines is 2. The molecule has 2 heterocycles. The number of nitrogens with zero attached hydrogens (tertiary/aromatic N) is 2. The largest absolute Gasteiger partial charge is 0.497 e. The Bertz CT molecular complexity index is 928. The first-order valence-electron chi connectivity index (χ1n) is 9.69. The molecule has 4 rings (SSSR count). The summed E-state index contributed by atoms with van der Waals surface area (Å²) in [7, 11) is 1.62. The first-order chi connectivity index (χ1) is 14.2. The summed E-state index contributed by atoms with van der Waals surface area (Å²) in [5.74, 6) is 1.47. The minimum atomic E-state index is -0.152. The molecule has 150 valence electrons. The number of carbonyl (C=O) groups is 2. The molecule has 0 fully saturated rings. The van der Waals surface area contributed by atoms with Crippen LogP contribution in [0.2, 0.25) is 0 Å². The van der Waals surface area contributed by atoms with Gasteiger partial charge in [-0.15, -0.1) is 11.8 Å². The molecule has 0 spiro atoms. The van der Waals surface area contributed by atoms with Gasteiger partial charge in [0.1, 0.15) is 16.9 Å². The van der Waals surface area contributed by atoms with Crippen LogP contribution in [0.3, 0.4) is 0 Å². The maximum atomic E-state index is 13.2. The summed E-state index contributed by atoms with van der Waals surface area (Å²) in [4.78, 5) is 31.5. The Balaban J connectivity index is 1.52. The topological polar surface area (TPSA) is 71.5 Å². The third kappa shape index (κ3) is 4.15. The second-order valence-corrected chi connectivity index (χ2v) is 8.08. The molecular formula is C22H23N3O3S. The van der Waals surface area contributed by atoms with Crippen molar-refractivity contribution in [3.63, 3.8) is 0 Å². The van der Waals surface area contributed by atoms with Crippen molar-refractivity contribution in [2.45, 2.75) is 31.1 Å². The van der Waals surface area contributed by atoms with Crippen molar-refractivity contribution >= 4 is 35.1 Å². The molecule has 0 saturated heterocycles. The van der Waals surface area contributed by atoms with E-state index >= 15 is 0 Å². The van der Waals surface area contributed by atoms with Crippen LogP contribution in [0, 0.1) is 0 Å². The molecule has 1 aliphatic carbocycles. The fraction of sp³-hybridized carbons (Fsp3) is 0.318. The number of ether oxygens (including phenoxy) is 1. The number of aromatic nitrogens is 1. The molecule has 6 nitrogen and oxygen atoms in total. The van der Waals surface area contributed by atoms with E-state index in [1.807, 2.05) is 35.2 Å². The predicted molar refractivity (Wildman–Crippen MR) is 115 cm³/mol. The van der Waals surface area contributed by atoms with Crippen LogP contribution in [0.25, 0.3) is 0 Å². The van der Waals surface area contributed by atoms with Gasteiger partial charge in [-0.1, -0.05) is 6.07 Å². The number of pyridine rings is 1. The highest BCUT2D eigenvalue weighted by atomic mass is 32.2. The van der Waals surface area contributed by atoms with Crippen LogP contribution in [0.5, 0.6) is 5.75 Å². The summed E-state index contributed by atoms with van der Waals surface area (Å²) in [5.41, 5.74) is 2.93. The molecule has 29 heavy (non-hydrogen) atoms. The molecule has 2 aromatic rings. The zero-order valence-electron chi connectivity index (χ0n) is 16.3. The molecule has 0 bridgehead atoms. The number of amides is 2. The van der Waals surface area contributed by atoms with E-state index in [0.717, 1.165) is 42.7 Å². The molecule has 1 aromatic heterocycles. The van der Waals surface area contributed by atoms with Crippen molar-refractivity contribution in [3.05, 3.63) is 59.8 Å². The predicted octanol–water partition coefficient (Wildman–Crippen LogP) is 4.01. The molecule has 1 aromatic carbocycles. The van der Waals surface area contributed by atoms with Crippen molar-refractivity contribution in [1.82, 2.24) is 4.98 Å². The fourth-order valence-corrected chi connectivity index (χ4v) is 5.00. The van der Waals surface area contributed by atoms with E-state index in [4.69, 9.17) is 4.74 Å². The van der Waals surface area contributed by atoms with E-state index < -0.39 is 0 Å². The highest BCUT2D eigenvalue weighted by Gasteiger charge is 2.41. The van der Waals surface area contributed by atoms with Crippen LogP contribution < -0.4 is 15.0 Å². The monoisotopic (exact) mass is 409 g/mol. The van der Waals surface area contributed by atoms with Gasteiger partial charge in [-0.05, 0) is 67.7 Å². The van der Waals surface area contributed by atoms with E-state index in [1.165, 1.54) is 17.3 Å². The first kappa shape index (κ1) is 19.5. The first-order valence-corrected chi connectivity index (χ1v) is 10.7. The molecule has 1 atom stereocenters. The lowest BCUT2D eigenvalue weighted by Gasteiger charge is -2.27. The summed E-state index contributed by atoms with van der Waals surface area (Å²) >= 11 is 1.49. The summed E-state index contributed by atoms with van der Waals surface area (Å²) in [5, 5.41) is 2.66. The van der Waals surface area contributed by atoms with Crippen LogP contribution in [-0.4, -0.2) is 35.0 Å². The molecule has 2 aliphatic rings. The molecule has 0 radical (unpaired) electrons. The Hall–Kier alpha value is -2.80. The number of thioether (sulfide) groups is 1. The Kier molecular flexibility index (Phi) is 5.85. The van der Waals surface area contributed by atoms with Crippen LogP contribution in [-0.2, 0) is 9.59 Å². The molecule has 7 heteroatoms. The molecule has 0 saturated carbocycles. The number of nitrogens with one attached hydrogen (secondary N) is 1. The van der Waals surface area contributed by atoms with E-state index in [2.05, 4.69) is 10.3 Å².